The van der Waals surface area contributed by atoms with E-state index < -0.39 is 18.0 Å². The first kappa shape index (κ1) is 10.8. The van der Waals surface area contributed by atoms with Crippen molar-refractivity contribution in [2.75, 3.05) is 0 Å². The van der Waals surface area contributed by atoms with Gasteiger partial charge in [0.15, 0.2) is 6.10 Å². The van der Waals surface area contributed by atoms with Gasteiger partial charge in [-0.2, -0.15) is 5.90 Å². The Hall–Kier alpha value is -1.18. The van der Waals surface area contributed by atoms with Crippen LogP contribution < -0.4 is 11.8 Å². The van der Waals surface area contributed by atoms with Gasteiger partial charge in [-0.15, -0.1) is 0 Å². The predicted octanol–water partition coefficient (Wildman–Crippen LogP) is -1.47. The van der Waals surface area contributed by atoms with Crippen LogP contribution in [0.2, 0.25) is 0 Å². The summed E-state index contributed by atoms with van der Waals surface area (Å²) in [6, 6.07) is 0. The van der Waals surface area contributed by atoms with E-state index in [0.717, 1.165) is 0 Å². The minimum Gasteiger partial charge on any atom is -0.479 e. The molecule has 5 N–H and O–H groups in total. The Bertz CT molecular complexity index is 171. The summed E-state index contributed by atoms with van der Waals surface area (Å²) in [6.45, 7) is 0. The number of carboxylic acids is 1. The molecule has 0 aliphatic heterocycles. The Balaban J connectivity index is 3.73. The van der Waals surface area contributed by atoms with E-state index in [1.165, 1.54) is 0 Å². The zero-order valence-electron chi connectivity index (χ0n) is 6.23. The zero-order valence-corrected chi connectivity index (χ0v) is 6.23. The molecular weight excluding hydrogens is 168 g/mol. The van der Waals surface area contributed by atoms with E-state index in [9.17, 15) is 9.59 Å². The van der Waals surface area contributed by atoms with Crippen molar-refractivity contribution in [2.24, 2.45) is 11.8 Å². The van der Waals surface area contributed by atoms with Crippen LogP contribution in [0.1, 0.15) is 12.8 Å². The molecule has 7 nitrogen and oxygen atoms in total. The van der Waals surface area contributed by atoms with Gasteiger partial charge in [0, 0.05) is 0 Å². The van der Waals surface area contributed by atoms with Crippen molar-refractivity contribution in [3.05, 3.63) is 0 Å². The Morgan fingerprint density at radius 2 is 2.00 bits per heavy atom. The number of carboxylic acid groups (broad SMARTS) is 1. The average molecular weight is 178 g/mol. The van der Waals surface area contributed by atoms with Gasteiger partial charge in [-0.1, -0.05) is 0 Å². The fourth-order valence-electron chi connectivity index (χ4n) is 0.558. The molecule has 0 saturated heterocycles. The molecular formula is C5H10N2O5. The van der Waals surface area contributed by atoms with E-state index in [1.54, 1.807) is 0 Å². The predicted molar refractivity (Wildman–Crippen MR) is 36.2 cm³/mol. The summed E-state index contributed by atoms with van der Waals surface area (Å²) >= 11 is 0. The topological polar surface area (TPSA) is 125 Å². The standard InChI is InChI=1S/C5H10N2O5/c6-11-3(5(9)10)1-2-4(8)12-7/h3H,1-2,6-7H2,(H,9,10). The van der Waals surface area contributed by atoms with Gasteiger partial charge in [0.1, 0.15) is 0 Å². The highest BCUT2D eigenvalue weighted by molar-refractivity contribution is 5.74. The highest BCUT2D eigenvalue weighted by atomic mass is 16.7. The third kappa shape index (κ3) is 3.86. The molecule has 1 atom stereocenters. The first-order valence-corrected chi connectivity index (χ1v) is 3.09. The van der Waals surface area contributed by atoms with Crippen LogP contribution in [0.4, 0.5) is 0 Å². The molecule has 0 heterocycles. The monoisotopic (exact) mass is 178 g/mol. The van der Waals surface area contributed by atoms with Crippen LogP contribution in [0.3, 0.4) is 0 Å². The first-order valence-electron chi connectivity index (χ1n) is 3.09. The number of carbonyl (C=O) groups excluding carboxylic acids is 1. The average Bonchev–Trinajstić information content (AvgIpc) is 2.04. The largest absolute Gasteiger partial charge is 0.479 e. The van der Waals surface area contributed by atoms with Gasteiger partial charge < -0.3 is 9.94 Å². The van der Waals surface area contributed by atoms with Gasteiger partial charge in [-0.05, 0) is 6.42 Å². The maximum absolute atomic E-state index is 10.4. The summed E-state index contributed by atoms with van der Waals surface area (Å²) in [5.41, 5.74) is 0. The van der Waals surface area contributed by atoms with E-state index >= 15 is 0 Å². The van der Waals surface area contributed by atoms with Crippen LogP contribution in [0, 0.1) is 0 Å². The quantitative estimate of drug-likeness (QED) is 0.438. The van der Waals surface area contributed by atoms with Crippen LogP contribution in [0.5, 0.6) is 0 Å². The fraction of sp³-hybridized carbons (Fsp3) is 0.600. The molecule has 0 aromatic rings. The first-order chi connectivity index (χ1) is 5.61. The number of aliphatic carboxylic acids is 1. The third-order valence-electron chi connectivity index (χ3n) is 1.18. The van der Waals surface area contributed by atoms with E-state index in [0.29, 0.717) is 0 Å². The molecule has 0 saturated carbocycles. The van der Waals surface area contributed by atoms with Crippen molar-refractivity contribution in [1.29, 1.82) is 0 Å². The molecule has 70 valence electrons. The maximum Gasteiger partial charge on any atom is 0.334 e. The van der Waals surface area contributed by atoms with Crippen molar-refractivity contribution in [2.45, 2.75) is 18.9 Å². The Morgan fingerprint density at radius 3 is 2.33 bits per heavy atom. The zero-order chi connectivity index (χ0) is 9.56. The second-order valence-corrected chi connectivity index (χ2v) is 1.99. The molecule has 0 bridgehead atoms. The molecule has 0 spiro atoms. The van der Waals surface area contributed by atoms with Gasteiger partial charge >= 0.3 is 11.9 Å². The van der Waals surface area contributed by atoms with Gasteiger partial charge in [-0.3, -0.25) is 9.63 Å². The minimum atomic E-state index is -1.23. The minimum absolute atomic E-state index is 0.0676. The Labute approximate surface area is 68.1 Å². The molecule has 7 heteroatoms. The Kier molecular flexibility index (Phi) is 4.93. The van der Waals surface area contributed by atoms with Gasteiger partial charge in [0.05, 0.1) is 6.42 Å². The van der Waals surface area contributed by atoms with E-state index in [4.69, 9.17) is 5.11 Å². The molecule has 0 amide bonds. The number of hydrogen-bond acceptors (Lipinski definition) is 6. The molecule has 0 aliphatic rings. The second-order valence-electron chi connectivity index (χ2n) is 1.99. The number of hydrogen-bond donors (Lipinski definition) is 3. The molecule has 0 fully saturated rings. The van der Waals surface area contributed by atoms with Crippen LogP contribution >= 0.6 is 0 Å². The lowest BCUT2D eigenvalue weighted by Crippen LogP contribution is -2.28. The van der Waals surface area contributed by atoms with Crippen LogP contribution in [-0.4, -0.2) is 23.1 Å². The van der Waals surface area contributed by atoms with Crippen LogP contribution in [0.15, 0.2) is 0 Å². The summed E-state index contributed by atoms with van der Waals surface area (Å²) in [6.07, 6.45) is -1.42. The van der Waals surface area contributed by atoms with Crippen molar-refractivity contribution >= 4 is 11.9 Å². The van der Waals surface area contributed by atoms with Gasteiger partial charge in [0.2, 0.25) is 0 Å². The summed E-state index contributed by atoms with van der Waals surface area (Å²) in [7, 11) is 0. The van der Waals surface area contributed by atoms with E-state index in [1.807, 2.05) is 0 Å². The number of nitrogens with two attached hydrogens (primary N) is 2. The lowest BCUT2D eigenvalue weighted by Gasteiger charge is -2.07. The van der Waals surface area contributed by atoms with Crippen LogP contribution in [-0.2, 0) is 19.3 Å². The van der Waals surface area contributed by atoms with Crippen molar-refractivity contribution in [3.8, 4) is 0 Å². The normalized spacial score (nSPS) is 12.2. The highest BCUT2D eigenvalue weighted by Crippen LogP contribution is 2.00. The molecule has 0 aliphatic carbocycles. The molecule has 0 radical (unpaired) electrons. The lowest BCUT2D eigenvalue weighted by atomic mass is 10.2. The number of rotatable bonds is 5. The smallest absolute Gasteiger partial charge is 0.334 e. The van der Waals surface area contributed by atoms with Crippen molar-refractivity contribution in [3.63, 3.8) is 0 Å². The van der Waals surface area contributed by atoms with Gasteiger partial charge in [-0.25, -0.2) is 10.7 Å². The lowest BCUT2D eigenvalue weighted by molar-refractivity contribution is -0.153. The summed E-state index contributed by atoms with van der Waals surface area (Å²) in [5.74, 6) is 7.20. The van der Waals surface area contributed by atoms with Crippen molar-refractivity contribution in [1.82, 2.24) is 0 Å². The molecule has 1 unspecified atom stereocenters. The molecule has 0 aromatic heterocycles. The highest BCUT2D eigenvalue weighted by Gasteiger charge is 2.18. The summed E-state index contributed by atoms with van der Waals surface area (Å²) in [5, 5.41) is 8.37. The van der Waals surface area contributed by atoms with E-state index in [-0.39, 0.29) is 12.8 Å². The fourth-order valence-corrected chi connectivity index (χ4v) is 0.558. The Morgan fingerprint density at radius 1 is 1.42 bits per heavy atom. The molecule has 0 rings (SSSR count). The third-order valence-corrected chi connectivity index (χ3v) is 1.18. The van der Waals surface area contributed by atoms with Crippen LogP contribution in [0.25, 0.3) is 0 Å². The van der Waals surface area contributed by atoms with E-state index in [2.05, 4.69) is 21.5 Å². The summed E-state index contributed by atoms with van der Waals surface area (Å²) < 4.78 is 0. The maximum atomic E-state index is 10.4. The molecule has 12 heavy (non-hydrogen) atoms. The molecule has 0 aromatic carbocycles. The summed E-state index contributed by atoms with van der Waals surface area (Å²) in [4.78, 5) is 28.5. The second kappa shape index (κ2) is 5.47. The number of carbonyl (C=O) groups is 2. The van der Waals surface area contributed by atoms with Crippen molar-refractivity contribution < 1.29 is 24.4 Å². The van der Waals surface area contributed by atoms with Gasteiger partial charge in [0.25, 0.3) is 0 Å². The SMILES string of the molecule is NOC(=O)CCC(ON)C(=O)O.